The SMILES string of the molecule is CC1=C(c2ccccc2F)C=CC(C)(C2=NNC(=O)CC2)C1. The minimum absolute atomic E-state index is 0.0357. The third-order valence-electron chi connectivity index (χ3n) is 4.44. The Bertz CT molecular complexity index is 718. The largest absolute Gasteiger partial charge is 0.273 e. The van der Waals surface area contributed by atoms with Gasteiger partial charge in [0.05, 0.1) is 0 Å². The highest BCUT2D eigenvalue weighted by Gasteiger charge is 2.33. The molecule has 1 atom stereocenters. The molecule has 1 heterocycles. The Morgan fingerprint density at radius 2 is 2.05 bits per heavy atom. The molecule has 0 bridgehead atoms. The van der Waals surface area contributed by atoms with Crippen LogP contribution in [-0.4, -0.2) is 11.6 Å². The van der Waals surface area contributed by atoms with Gasteiger partial charge in [0.15, 0.2) is 0 Å². The molecule has 1 N–H and O–H groups in total. The van der Waals surface area contributed by atoms with Gasteiger partial charge in [-0.15, -0.1) is 0 Å². The second kappa shape index (κ2) is 5.52. The predicted molar refractivity (Wildman–Crippen MR) is 85.7 cm³/mol. The Morgan fingerprint density at radius 1 is 1.27 bits per heavy atom. The van der Waals surface area contributed by atoms with Gasteiger partial charge in [0, 0.05) is 23.1 Å². The lowest BCUT2D eigenvalue weighted by atomic mass is 9.72. The number of carbonyl (C=O) groups excluding carboxylic acids is 1. The normalized spacial score (nSPS) is 25.0. The molecule has 1 aromatic rings. The van der Waals surface area contributed by atoms with Gasteiger partial charge in [0.1, 0.15) is 5.82 Å². The van der Waals surface area contributed by atoms with Crippen LogP contribution in [0, 0.1) is 11.2 Å². The van der Waals surface area contributed by atoms with Crippen molar-refractivity contribution < 1.29 is 9.18 Å². The van der Waals surface area contributed by atoms with Gasteiger partial charge in [-0.3, -0.25) is 4.79 Å². The molecule has 3 rings (SSSR count). The average molecular weight is 298 g/mol. The number of nitrogens with zero attached hydrogens (tertiary/aromatic N) is 1. The summed E-state index contributed by atoms with van der Waals surface area (Å²) < 4.78 is 14.0. The molecule has 1 aliphatic heterocycles. The van der Waals surface area contributed by atoms with Crippen LogP contribution in [0.3, 0.4) is 0 Å². The number of hydrogen-bond donors (Lipinski definition) is 1. The maximum absolute atomic E-state index is 14.0. The number of amides is 1. The first-order valence-electron chi connectivity index (χ1n) is 7.49. The lowest BCUT2D eigenvalue weighted by Gasteiger charge is -2.33. The molecule has 114 valence electrons. The first-order chi connectivity index (χ1) is 10.5. The van der Waals surface area contributed by atoms with Crippen LogP contribution in [0.25, 0.3) is 5.57 Å². The van der Waals surface area contributed by atoms with Gasteiger partial charge in [-0.05, 0) is 31.4 Å². The van der Waals surface area contributed by atoms with Crippen molar-refractivity contribution in [3.63, 3.8) is 0 Å². The molecule has 22 heavy (non-hydrogen) atoms. The summed E-state index contributed by atoms with van der Waals surface area (Å²) in [6.45, 7) is 4.15. The Labute approximate surface area is 129 Å². The van der Waals surface area contributed by atoms with E-state index >= 15 is 0 Å². The van der Waals surface area contributed by atoms with Crippen molar-refractivity contribution in [3.8, 4) is 0 Å². The molecule has 4 heteroatoms. The Hall–Kier alpha value is -2.23. The third-order valence-corrected chi connectivity index (χ3v) is 4.44. The van der Waals surface area contributed by atoms with E-state index < -0.39 is 0 Å². The van der Waals surface area contributed by atoms with Crippen LogP contribution in [0.4, 0.5) is 4.39 Å². The third kappa shape index (κ3) is 2.61. The highest BCUT2D eigenvalue weighted by molar-refractivity contribution is 5.98. The van der Waals surface area contributed by atoms with E-state index in [1.165, 1.54) is 6.07 Å². The molecule has 1 aliphatic carbocycles. The molecule has 2 aliphatic rings. The van der Waals surface area contributed by atoms with Crippen molar-refractivity contribution in [2.24, 2.45) is 10.5 Å². The van der Waals surface area contributed by atoms with E-state index in [9.17, 15) is 9.18 Å². The topological polar surface area (TPSA) is 41.5 Å². The Kier molecular flexibility index (Phi) is 3.69. The van der Waals surface area contributed by atoms with E-state index in [0.717, 1.165) is 23.3 Å². The van der Waals surface area contributed by atoms with Crippen molar-refractivity contribution in [1.82, 2.24) is 5.43 Å². The molecule has 0 aromatic heterocycles. The van der Waals surface area contributed by atoms with Gasteiger partial charge in [-0.2, -0.15) is 5.10 Å². The van der Waals surface area contributed by atoms with Crippen molar-refractivity contribution >= 4 is 17.2 Å². The summed E-state index contributed by atoms with van der Waals surface area (Å²) >= 11 is 0. The van der Waals surface area contributed by atoms with Crippen molar-refractivity contribution in [1.29, 1.82) is 0 Å². The fourth-order valence-electron chi connectivity index (χ4n) is 3.20. The maximum atomic E-state index is 14.0. The average Bonchev–Trinajstić information content (AvgIpc) is 2.49. The van der Waals surface area contributed by atoms with E-state index in [0.29, 0.717) is 18.4 Å². The van der Waals surface area contributed by atoms with Gasteiger partial charge < -0.3 is 0 Å². The van der Waals surface area contributed by atoms with Crippen LogP contribution in [-0.2, 0) is 4.79 Å². The van der Waals surface area contributed by atoms with Crippen LogP contribution in [0.1, 0.15) is 38.7 Å². The van der Waals surface area contributed by atoms with Crippen LogP contribution >= 0.6 is 0 Å². The number of rotatable bonds is 2. The van der Waals surface area contributed by atoms with E-state index in [2.05, 4.69) is 23.5 Å². The Morgan fingerprint density at radius 3 is 2.68 bits per heavy atom. The number of nitrogens with one attached hydrogen (secondary N) is 1. The molecule has 1 unspecified atom stereocenters. The number of allylic oxidation sites excluding steroid dienone is 4. The molecular weight excluding hydrogens is 279 g/mol. The van der Waals surface area contributed by atoms with E-state index in [4.69, 9.17) is 0 Å². The number of carbonyl (C=O) groups is 1. The summed E-state index contributed by atoms with van der Waals surface area (Å²) in [7, 11) is 0. The zero-order valence-corrected chi connectivity index (χ0v) is 12.8. The monoisotopic (exact) mass is 298 g/mol. The summed E-state index contributed by atoms with van der Waals surface area (Å²) in [4.78, 5) is 11.2. The van der Waals surface area contributed by atoms with E-state index in [1.54, 1.807) is 12.1 Å². The van der Waals surface area contributed by atoms with Gasteiger partial charge >= 0.3 is 0 Å². The van der Waals surface area contributed by atoms with Crippen LogP contribution in [0.2, 0.25) is 0 Å². The smallest absolute Gasteiger partial charge is 0.240 e. The lowest BCUT2D eigenvalue weighted by molar-refractivity contribution is -0.121. The molecular formula is C18H19FN2O. The minimum atomic E-state index is -0.216. The fraction of sp³-hybridized carbons (Fsp3) is 0.333. The van der Waals surface area contributed by atoms with Crippen LogP contribution in [0.15, 0.2) is 47.1 Å². The maximum Gasteiger partial charge on any atom is 0.240 e. The van der Waals surface area contributed by atoms with Gasteiger partial charge in [0.2, 0.25) is 5.91 Å². The van der Waals surface area contributed by atoms with E-state index in [-0.39, 0.29) is 17.1 Å². The first kappa shape index (κ1) is 14.7. The molecule has 0 radical (unpaired) electrons. The van der Waals surface area contributed by atoms with E-state index in [1.807, 2.05) is 19.1 Å². The zero-order chi connectivity index (χ0) is 15.7. The molecule has 0 spiro atoms. The van der Waals surface area contributed by atoms with Crippen molar-refractivity contribution in [3.05, 3.63) is 53.4 Å². The molecule has 0 saturated carbocycles. The summed E-state index contributed by atoms with van der Waals surface area (Å²) in [5.41, 5.74) is 6.04. The standard InChI is InChI=1S/C18H19FN2O/c1-12-11-18(2,16-7-8-17(22)21-20-16)10-9-13(12)14-5-3-4-6-15(14)19/h3-6,9-10H,7-8,11H2,1-2H3,(H,21,22). The van der Waals surface area contributed by atoms with Crippen molar-refractivity contribution in [2.45, 2.75) is 33.1 Å². The number of benzene rings is 1. The minimum Gasteiger partial charge on any atom is -0.273 e. The number of halogens is 1. The quantitative estimate of drug-likeness (QED) is 0.885. The van der Waals surface area contributed by atoms with Crippen LogP contribution < -0.4 is 5.43 Å². The summed E-state index contributed by atoms with van der Waals surface area (Å²) in [5.74, 6) is -0.237. The fourth-order valence-corrected chi connectivity index (χ4v) is 3.20. The number of hydrazone groups is 1. The highest BCUT2D eigenvalue weighted by atomic mass is 19.1. The first-order valence-corrected chi connectivity index (χ1v) is 7.49. The second-order valence-electron chi connectivity index (χ2n) is 6.19. The summed E-state index contributed by atoms with van der Waals surface area (Å²) in [6.07, 6.45) is 6.00. The second-order valence-corrected chi connectivity index (χ2v) is 6.19. The number of hydrogen-bond acceptors (Lipinski definition) is 2. The molecule has 3 nitrogen and oxygen atoms in total. The van der Waals surface area contributed by atoms with Gasteiger partial charge in [-0.1, -0.05) is 42.8 Å². The van der Waals surface area contributed by atoms with Crippen LogP contribution in [0.5, 0.6) is 0 Å². The predicted octanol–water partition coefficient (Wildman–Crippen LogP) is 3.83. The summed E-state index contributed by atoms with van der Waals surface area (Å²) in [5, 5.41) is 4.22. The molecule has 0 fully saturated rings. The van der Waals surface area contributed by atoms with Gasteiger partial charge in [-0.25, -0.2) is 9.82 Å². The molecule has 1 aromatic carbocycles. The van der Waals surface area contributed by atoms with Gasteiger partial charge in [0.25, 0.3) is 0 Å². The lowest BCUT2D eigenvalue weighted by Crippen LogP contribution is -2.35. The summed E-state index contributed by atoms with van der Waals surface area (Å²) in [6, 6.07) is 6.84. The highest BCUT2D eigenvalue weighted by Crippen LogP contribution is 2.40. The molecule has 1 amide bonds. The zero-order valence-electron chi connectivity index (χ0n) is 12.8. The van der Waals surface area contributed by atoms with Crippen molar-refractivity contribution in [2.75, 3.05) is 0 Å². The molecule has 0 saturated heterocycles. The Balaban J connectivity index is 1.91.